The van der Waals surface area contributed by atoms with E-state index in [0.717, 1.165) is 0 Å². The zero-order valence-corrected chi connectivity index (χ0v) is 14.9. The summed E-state index contributed by atoms with van der Waals surface area (Å²) < 4.78 is 0. The lowest BCUT2D eigenvalue weighted by Gasteiger charge is -2.13. The summed E-state index contributed by atoms with van der Waals surface area (Å²) in [7, 11) is 0. The maximum Gasteiger partial charge on any atom is 0.337 e. The summed E-state index contributed by atoms with van der Waals surface area (Å²) in [5.74, 6) is -1.75. The van der Waals surface area contributed by atoms with Gasteiger partial charge >= 0.3 is 5.97 Å². The first-order valence-corrected chi connectivity index (χ1v) is 7.92. The van der Waals surface area contributed by atoms with E-state index >= 15 is 0 Å². The molecule has 2 rings (SSSR count). The maximum atomic E-state index is 12.1. The zero-order valence-electron chi connectivity index (χ0n) is 11.8. The molecule has 0 aliphatic carbocycles. The number of carbonyl (C=O) groups is 2. The molecule has 24 heavy (non-hydrogen) atoms. The summed E-state index contributed by atoms with van der Waals surface area (Å²) in [5, 5.41) is 14.7. The molecule has 0 fully saturated rings. The van der Waals surface area contributed by atoms with Crippen LogP contribution in [0.5, 0.6) is 0 Å². The van der Waals surface area contributed by atoms with E-state index in [1.165, 1.54) is 18.2 Å². The Balaban J connectivity index is 2.18. The van der Waals surface area contributed by atoms with Gasteiger partial charge in [-0.2, -0.15) is 0 Å². The minimum absolute atomic E-state index is 0.0324. The summed E-state index contributed by atoms with van der Waals surface area (Å²) in [6.07, 6.45) is 0. The standard InChI is InChI=1S/C15H9Cl3N2O3S/c16-8-3-1-2-7(4-8)13(21)20-15(24)19-12-10(14(22)23)5-9(17)6-11(12)18/h1-6H,(H,22,23)(H2,19,20,21,24). The number of aromatic carboxylic acids is 1. The molecule has 0 aromatic heterocycles. The van der Waals surface area contributed by atoms with Crippen molar-refractivity contribution in [3.8, 4) is 0 Å². The molecular weight excluding hydrogens is 395 g/mol. The highest BCUT2D eigenvalue weighted by Crippen LogP contribution is 2.30. The Morgan fingerprint density at radius 3 is 2.38 bits per heavy atom. The zero-order chi connectivity index (χ0) is 17.9. The van der Waals surface area contributed by atoms with Crippen LogP contribution in [0.15, 0.2) is 36.4 Å². The lowest BCUT2D eigenvalue weighted by molar-refractivity contribution is 0.0698. The molecule has 0 unspecified atom stereocenters. The summed E-state index contributed by atoms with van der Waals surface area (Å²) in [6, 6.07) is 8.85. The number of benzene rings is 2. The van der Waals surface area contributed by atoms with Crippen LogP contribution in [0.25, 0.3) is 0 Å². The molecule has 0 atom stereocenters. The van der Waals surface area contributed by atoms with Crippen molar-refractivity contribution in [1.29, 1.82) is 0 Å². The van der Waals surface area contributed by atoms with Gasteiger partial charge in [0.2, 0.25) is 0 Å². The fraction of sp³-hybridized carbons (Fsp3) is 0. The number of carboxylic acids is 1. The van der Waals surface area contributed by atoms with E-state index in [4.69, 9.17) is 47.0 Å². The molecule has 0 aliphatic rings. The monoisotopic (exact) mass is 402 g/mol. The third-order valence-corrected chi connectivity index (χ3v) is 3.79. The van der Waals surface area contributed by atoms with E-state index in [9.17, 15) is 14.7 Å². The second-order valence-corrected chi connectivity index (χ2v) is 6.22. The minimum atomic E-state index is -1.24. The molecule has 0 bridgehead atoms. The van der Waals surface area contributed by atoms with Crippen molar-refractivity contribution in [3.63, 3.8) is 0 Å². The predicted molar refractivity (Wildman–Crippen MR) is 98.6 cm³/mol. The molecule has 9 heteroatoms. The average molecular weight is 404 g/mol. The molecule has 3 N–H and O–H groups in total. The van der Waals surface area contributed by atoms with Gasteiger partial charge in [0, 0.05) is 15.6 Å². The van der Waals surface area contributed by atoms with Crippen molar-refractivity contribution >= 4 is 69.7 Å². The first kappa shape index (κ1) is 18.5. The number of rotatable bonds is 3. The van der Waals surface area contributed by atoms with Gasteiger partial charge in [-0.1, -0.05) is 40.9 Å². The predicted octanol–water partition coefficient (Wildman–Crippen LogP) is 4.47. The minimum Gasteiger partial charge on any atom is -0.478 e. The lowest BCUT2D eigenvalue weighted by atomic mass is 10.2. The van der Waals surface area contributed by atoms with Gasteiger partial charge in [-0.3, -0.25) is 10.1 Å². The van der Waals surface area contributed by atoms with Crippen molar-refractivity contribution in [2.45, 2.75) is 0 Å². The molecular formula is C15H9Cl3N2O3S. The van der Waals surface area contributed by atoms with E-state index in [1.807, 2.05) is 0 Å². The summed E-state index contributed by atoms with van der Waals surface area (Å²) in [4.78, 5) is 23.4. The van der Waals surface area contributed by atoms with Crippen molar-refractivity contribution in [2.75, 3.05) is 5.32 Å². The van der Waals surface area contributed by atoms with Gasteiger partial charge in [0.05, 0.1) is 16.3 Å². The molecule has 2 aromatic carbocycles. The third kappa shape index (κ3) is 4.58. The van der Waals surface area contributed by atoms with Crippen LogP contribution >= 0.6 is 47.0 Å². The van der Waals surface area contributed by atoms with Gasteiger partial charge in [0.25, 0.3) is 5.91 Å². The molecule has 0 radical (unpaired) electrons. The van der Waals surface area contributed by atoms with Crippen molar-refractivity contribution < 1.29 is 14.7 Å². The average Bonchev–Trinajstić information content (AvgIpc) is 2.49. The molecule has 2 aromatic rings. The topological polar surface area (TPSA) is 78.4 Å². The van der Waals surface area contributed by atoms with Gasteiger partial charge in [-0.05, 0) is 42.5 Å². The molecule has 0 heterocycles. The van der Waals surface area contributed by atoms with Gasteiger partial charge in [0.1, 0.15) is 0 Å². The smallest absolute Gasteiger partial charge is 0.337 e. The summed E-state index contributed by atoms with van der Waals surface area (Å²) in [5.41, 5.74) is 0.157. The number of thiocarbonyl (C=S) groups is 1. The number of anilines is 1. The number of nitrogens with one attached hydrogen (secondary N) is 2. The number of carboxylic acid groups (broad SMARTS) is 1. The van der Waals surface area contributed by atoms with E-state index in [-0.39, 0.29) is 26.4 Å². The van der Waals surface area contributed by atoms with E-state index in [1.54, 1.807) is 18.2 Å². The molecule has 5 nitrogen and oxygen atoms in total. The number of hydrogen-bond acceptors (Lipinski definition) is 3. The number of carbonyl (C=O) groups excluding carboxylic acids is 1. The normalized spacial score (nSPS) is 10.1. The SMILES string of the molecule is O=C(NC(=S)Nc1c(Cl)cc(Cl)cc1C(=O)O)c1cccc(Cl)c1. The van der Waals surface area contributed by atoms with Crippen LogP contribution in [-0.4, -0.2) is 22.1 Å². The first-order valence-electron chi connectivity index (χ1n) is 6.38. The highest BCUT2D eigenvalue weighted by atomic mass is 35.5. The number of hydrogen-bond donors (Lipinski definition) is 3. The molecule has 1 amide bonds. The Morgan fingerprint density at radius 1 is 1.04 bits per heavy atom. The quantitative estimate of drug-likeness (QED) is 0.659. The fourth-order valence-electron chi connectivity index (χ4n) is 1.82. The van der Waals surface area contributed by atoms with E-state index < -0.39 is 11.9 Å². The summed E-state index contributed by atoms with van der Waals surface area (Å²) >= 11 is 22.6. The Labute approximate surface area is 157 Å². The third-order valence-electron chi connectivity index (χ3n) is 2.84. The first-order chi connectivity index (χ1) is 11.3. The van der Waals surface area contributed by atoms with Gasteiger partial charge < -0.3 is 10.4 Å². The van der Waals surface area contributed by atoms with Crippen molar-refractivity contribution in [3.05, 3.63) is 62.6 Å². The fourth-order valence-corrected chi connectivity index (χ4v) is 2.74. The van der Waals surface area contributed by atoms with Crippen LogP contribution in [0.2, 0.25) is 15.1 Å². The van der Waals surface area contributed by atoms with Gasteiger partial charge in [-0.15, -0.1) is 0 Å². The van der Waals surface area contributed by atoms with Crippen LogP contribution in [0.1, 0.15) is 20.7 Å². The second-order valence-electron chi connectivity index (χ2n) is 4.53. The second kappa shape index (κ2) is 7.81. The van der Waals surface area contributed by atoms with E-state index in [2.05, 4.69) is 10.6 Å². The molecule has 0 saturated heterocycles. The largest absolute Gasteiger partial charge is 0.478 e. The van der Waals surface area contributed by atoms with Crippen LogP contribution in [-0.2, 0) is 0 Å². The van der Waals surface area contributed by atoms with Crippen LogP contribution in [0.4, 0.5) is 5.69 Å². The Bertz CT molecular complexity index is 843. The highest BCUT2D eigenvalue weighted by Gasteiger charge is 2.17. The Morgan fingerprint density at radius 2 is 1.75 bits per heavy atom. The molecule has 124 valence electrons. The van der Waals surface area contributed by atoms with Crippen molar-refractivity contribution in [2.24, 2.45) is 0 Å². The molecule has 0 saturated carbocycles. The molecule has 0 aliphatic heterocycles. The summed E-state index contributed by atoms with van der Waals surface area (Å²) in [6.45, 7) is 0. The van der Waals surface area contributed by atoms with Crippen LogP contribution in [0, 0.1) is 0 Å². The van der Waals surface area contributed by atoms with Crippen molar-refractivity contribution in [1.82, 2.24) is 5.32 Å². The Hall–Kier alpha value is -1.86. The Kier molecular flexibility index (Phi) is 6.01. The number of amides is 1. The van der Waals surface area contributed by atoms with Crippen LogP contribution in [0.3, 0.4) is 0 Å². The molecule has 0 spiro atoms. The highest BCUT2D eigenvalue weighted by molar-refractivity contribution is 7.80. The van der Waals surface area contributed by atoms with Gasteiger partial charge in [0.15, 0.2) is 5.11 Å². The number of halogens is 3. The maximum absolute atomic E-state index is 12.1. The lowest BCUT2D eigenvalue weighted by Crippen LogP contribution is -2.34. The van der Waals surface area contributed by atoms with Crippen LogP contribution < -0.4 is 10.6 Å². The van der Waals surface area contributed by atoms with Gasteiger partial charge in [-0.25, -0.2) is 4.79 Å². The van der Waals surface area contributed by atoms with E-state index in [0.29, 0.717) is 10.6 Å².